The molecule has 3 aromatic rings. The molecule has 0 bridgehead atoms. The molecule has 1 aromatic carbocycles. The Labute approximate surface area is 157 Å². The van der Waals surface area contributed by atoms with Crippen LogP contribution in [0.4, 0.5) is 0 Å². The predicted octanol–water partition coefficient (Wildman–Crippen LogP) is 2.87. The van der Waals surface area contributed by atoms with Crippen molar-refractivity contribution in [3.63, 3.8) is 0 Å². The summed E-state index contributed by atoms with van der Waals surface area (Å²) in [5.41, 5.74) is 0.786. The number of rotatable bonds is 5. The number of hydrogen-bond acceptors (Lipinski definition) is 5. The third kappa shape index (κ3) is 3.32. The number of carbonyl (C=O) groups excluding carboxylic acids is 1. The molecule has 2 unspecified atom stereocenters. The van der Waals surface area contributed by atoms with E-state index in [4.69, 9.17) is 9.47 Å². The molecule has 140 valence electrons. The summed E-state index contributed by atoms with van der Waals surface area (Å²) in [7, 11) is 1.61. The van der Waals surface area contributed by atoms with Gasteiger partial charge in [-0.15, -0.1) is 10.2 Å². The van der Waals surface area contributed by atoms with Gasteiger partial charge < -0.3 is 14.4 Å². The van der Waals surface area contributed by atoms with Gasteiger partial charge in [0.15, 0.2) is 17.6 Å². The van der Waals surface area contributed by atoms with E-state index in [0.29, 0.717) is 12.3 Å². The van der Waals surface area contributed by atoms with Gasteiger partial charge in [0.2, 0.25) is 0 Å². The van der Waals surface area contributed by atoms with E-state index in [0.717, 1.165) is 30.1 Å². The molecule has 7 heteroatoms. The van der Waals surface area contributed by atoms with Gasteiger partial charge >= 0.3 is 0 Å². The van der Waals surface area contributed by atoms with Crippen LogP contribution in [-0.2, 0) is 4.79 Å². The maximum atomic E-state index is 13.0. The Morgan fingerprint density at radius 1 is 1.15 bits per heavy atom. The SMILES string of the molecule is COc1ccc(OC(C)C(=O)N2CCCC2c2nnc3ccccn23)cc1. The van der Waals surface area contributed by atoms with Crippen LogP contribution in [0.3, 0.4) is 0 Å². The van der Waals surface area contributed by atoms with Gasteiger partial charge in [-0.2, -0.15) is 0 Å². The number of likely N-dealkylation sites (tertiary alicyclic amines) is 1. The van der Waals surface area contributed by atoms with Crippen molar-refractivity contribution in [3.05, 3.63) is 54.5 Å². The maximum Gasteiger partial charge on any atom is 0.263 e. The van der Waals surface area contributed by atoms with Gasteiger partial charge in [-0.05, 0) is 56.2 Å². The second kappa shape index (κ2) is 7.26. The summed E-state index contributed by atoms with van der Waals surface area (Å²) in [6.07, 6.45) is 3.16. The summed E-state index contributed by atoms with van der Waals surface area (Å²) in [6, 6.07) is 12.9. The fraction of sp³-hybridized carbons (Fsp3) is 0.350. The minimum atomic E-state index is -0.585. The molecule has 27 heavy (non-hydrogen) atoms. The van der Waals surface area contributed by atoms with E-state index < -0.39 is 6.10 Å². The third-order valence-corrected chi connectivity index (χ3v) is 4.89. The first-order valence-electron chi connectivity index (χ1n) is 9.08. The molecule has 7 nitrogen and oxygen atoms in total. The standard InChI is InChI=1S/C20H22N4O3/c1-14(27-16-10-8-15(26-2)9-11-16)20(25)23-13-5-6-17(23)19-22-21-18-7-3-4-12-24(18)19/h3-4,7-12,14,17H,5-6,13H2,1-2H3. The molecule has 2 atom stereocenters. The van der Waals surface area contributed by atoms with Gasteiger partial charge in [-0.25, -0.2) is 0 Å². The molecule has 1 amide bonds. The molecule has 0 spiro atoms. The van der Waals surface area contributed by atoms with Crippen LogP contribution >= 0.6 is 0 Å². The van der Waals surface area contributed by atoms with E-state index in [9.17, 15) is 4.79 Å². The molecule has 4 rings (SSSR count). The van der Waals surface area contributed by atoms with Gasteiger partial charge in [0.25, 0.3) is 5.91 Å². The molecule has 0 saturated carbocycles. The molecule has 0 N–H and O–H groups in total. The number of nitrogens with zero attached hydrogens (tertiary/aromatic N) is 4. The van der Waals surface area contributed by atoms with Gasteiger partial charge in [0, 0.05) is 12.7 Å². The van der Waals surface area contributed by atoms with Crippen LogP contribution in [0.1, 0.15) is 31.6 Å². The number of ether oxygens (including phenoxy) is 2. The Morgan fingerprint density at radius 3 is 2.70 bits per heavy atom. The molecular formula is C20H22N4O3. The zero-order chi connectivity index (χ0) is 18.8. The fourth-order valence-electron chi connectivity index (χ4n) is 3.53. The first kappa shape index (κ1) is 17.3. The number of carbonyl (C=O) groups is 1. The molecule has 3 heterocycles. The predicted molar refractivity (Wildman–Crippen MR) is 99.8 cm³/mol. The van der Waals surface area contributed by atoms with Crippen LogP contribution in [0, 0.1) is 0 Å². The number of pyridine rings is 1. The summed E-state index contributed by atoms with van der Waals surface area (Å²) in [6.45, 7) is 2.48. The smallest absolute Gasteiger partial charge is 0.263 e. The quantitative estimate of drug-likeness (QED) is 0.694. The number of fused-ring (bicyclic) bond motifs is 1. The zero-order valence-corrected chi connectivity index (χ0v) is 15.4. The Morgan fingerprint density at radius 2 is 1.93 bits per heavy atom. The Hall–Kier alpha value is -3.09. The summed E-state index contributed by atoms with van der Waals surface area (Å²) in [5, 5.41) is 8.55. The topological polar surface area (TPSA) is 69.0 Å². The molecule has 1 fully saturated rings. The third-order valence-electron chi connectivity index (χ3n) is 4.89. The van der Waals surface area contributed by atoms with Crippen LogP contribution in [0.2, 0.25) is 0 Å². The Balaban J connectivity index is 1.51. The van der Waals surface area contributed by atoms with Crippen molar-refractivity contribution in [1.82, 2.24) is 19.5 Å². The summed E-state index contributed by atoms with van der Waals surface area (Å²) in [4.78, 5) is 14.9. The van der Waals surface area contributed by atoms with Crippen molar-refractivity contribution >= 4 is 11.6 Å². The molecule has 1 aliphatic heterocycles. The number of hydrogen-bond donors (Lipinski definition) is 0. The van der Waals surface area contributed by atoms with Crippen molar-refractivity contribution in [2.75, 3.05) is 13.7 Å². The van der Waals surface area contributed by atoms with Crippen molar-refractivity contribution in [2.45, 2.75) is 31.9 Å². The highest BCUT2D eigenvalue weighted by Gasteiger charge is 2.35. The van der Waals surface area contributed by atoms with E-state index in [1.54, 1.807) is 26.2 Å². The number of aromatic nitrogens is 3. The Bertz CT molecular complexity index is 938. The second-order valence-corrected chi connectivity index (χ2v) is 6.61. The highest BCUT2D eigenvalue weighted by atomic mass is 16.5. The highest BCUT2D eigenvalue weighted by Crippen LogP contribution is 2.32. The monoisotopic (exact) mass is 366 g/mol. The van der Waals surface area contributed by atoms with Crippen LogP contribution in [0.5, 0.6) is 11.5 Å². The lowest BCUT2D eigenvalue weighted by Gasteiger charge is -2.26. The molecule has 1 saturated heterocycles. The Kier molecular flexibility index (Phi) is 4.66. The molecular weight excluding hydrogens is 344 g/mol. The van der Waals surface area contributed by atoms with Crippen molar-refractivity contribution in [2.24, 2.45) is 0 Å². The van der Waals surface area contributed by atoms with Gasteiger partial charge in [0.05, 0.1) is 13.2 Å². The van der Waals surface area contributed by atoms with Gasteiger partial charge in [-0.1, -0.05) is 6.07 Å². The van der Waals surface area contributed by atoms with E-state index in [1.165, 1.54) is 0 Å². The first-order valence-corrected chi connectivity index (χ1v) is 9.08. The summed E-state index contributed by atoms with van der Waals surface area (Å²) >= 11 is 0. The van der Waals surface area contributed by atoms with E-state index in [-0.39, 0.29) is 11.9 Å². The minimum Gasteiger partial charge on any atom is -0.497 e. The average Bonchev–Trinajstić information content (AvgIpc) is 3.34. The van der Waals surface area contributed by atoms with Crippen molar-refractivity contribution in [3.8, 4) is 11.5 Å². The van der Waals surface area contributed by atoms with E-state index in [1.807, 2.05) is 45.8 Å². The van der Waals surface area contributed by atoms with E-state index in [2.05, 4.69) is 10.2 Å². The van der Waals surface area contributed by atoms with Crippen molar-refractivity contribution < 1.29 is 14.3 Å². The minimum absolute atomic E-state index is 0.0407. The largest absolute Gasteiger partial charge is 0.497 e. The van der Waals surface area contributed by atoms with Crippen molar-refractivity contribution in [1.29, 1.82) is 0 Å². The second-order valence-electron chi connectivity index (χ2n) is 6.61. The summed E-state index contributed by atoms with van der Waals surface area (Å²) in [5.74, 6) is 2.15. The highest BCUT2D eigenvalue weighted by molar-refractivity contribution is 5.81. The normalized spacial score (nSPS) is 17.9. The number of methoxy groups -OCH3 is 1. The maximum absolute atomic E-state index is 13.0. The lowest BCUT2D eigenvalue weighted by atomic mass is 10.2. The van der Waals surface area contributed by atoms with Gasteiger partial charge in [0.1, 0.15) is 11.5 Å². The van der Waals surface area contributed by atoms with Gasteiger partial charge in [-0.3, -0.25) is 9.20 Å². The first-order chi connectivity index (χ1) is 13.2. The lowest BCUT2D eigenvalue weighted by Crippen LogP contribution is -2.40. The molecule has 0 aliphatic carbocycles. The molecule has 2 aromatic heterocycles. The molecule has 0 radical (unpaired) electrons. The van der Waals surface area contributed by atoms with Crippen LogP contribution in [0.15, 0.2) is 48.7 Å². The number of benzene rings is 1. The average molecular weight is 366 g/mol. The van der Waals surface area contributed by atoms with Crippen LogP contribution in [-0.4, -0.2) is 45.2 Å². The summed E-state index contributed by atoms with van der Waals surface area (Å²) < 4.78 is 12.9. The van der Waals surface area contributed by atoms with Crippen LogP contribution in [0.25, 0.3) is 5.65 Å². The molecule has 1 aliphatic rings. The fourth-order valence-corrected chi connectivity index (χ4v) is 3.53. The van der Waals surface area contributed by atoms with Crippen LogP contribution < -0.4 is 9.47 Å². The van der Waals surface area contributed by atoms with E-state index >= 15 is 0 Å². The number of amides is 1. The zero-order valence-electron chi connectivity index (χ0n) is 15.4. The lowest BCUT2D eigenvalue weighted by molar-refractivity contribution is -0.139.